The van der Waals surface area contributed by atoms with E-state index in [1.54, 1.807) is 4.31 Å². The average molecular weight is 298 g/mol. The molecule has 1 aromatic rings. The van der Waals surface area contributed by atoms with Gasteiger partial charge in [-0.15, -0.1) is 0 Å². The molecule has 1 aliphatic carbocycles. The van der Waals surface area contributed by atoms with Crippen LogP contribution in [0.25, 0.3) is 0 Å². The third-order valence-corrected chi connectivity index (χ3v) is 6.44. The summed E-state index contributed by atoms with van der Waals surface area (Å²) in [5.41, 5.74) is 5.38. The summed E-state index contributed by atoms with van der Waals surface area (Å²) in [6.07, 6.45) is 5.15. The smallest absolute Gasteiger partial charge is 0.243 e. The van der Waals surface area contributed by atoms with Gasteiger partial charge in [0.25, 0.3) is 0 Å². The number of halogens is 1. The van der Waals surface area contributed by atoms with Gasteiger partial charge >= 0.3 is 0 Å². The molecular formula is C14H19FN2O2S. The quantitative estimate of drug-likeness (QED) is 0.853. The van der Waals surface area contributed by atoms with E-state index in [1.165, 1.54) is 12.1 Å². The van der Waals surface area contributed by atoms with E-state index >= 15 is 0 Å². The summed E-state index contributed by atoms with van der Waals surface area (Å²) in [7, 11) is -3.57. The van der Waals surface area contributed by atoms with E-state index in [0.29, 0.717) is 12.5 Å². The van der Waals surface area contributed by atoms with Crippen molar-refractivity contribution in [2.45, 2.75) is 43.0 Å². The van der Waals surface area contributed by atoms with Crippen LogP contribution >= 0.6 is 0 Å². The van der Waals surface area contributed by atoms with E-state index in [4.69, 9.17) is 5.73 Å². The van der Waals surface area contributed by atoms with Crippen LogP contribution in [0.2, 0.25) is 0 Å². The first-order valence-electron chi connectivity index (χ1n) is 7.07. The largest absolute Gasteiger partial charge is 0.396 e. The summed E-state index contributed by atoms with van der Waals surface area (Å²) in [6.45, 7) is 0.556. The number of sulfonamides is 1. The molecule has 1 aromatic carbocycles. The monoisotopic (exact) mass is 298 g/mol. The Labute approximate surface area is 118 Å². The lowest BCUT2D eigenvalue weighted by Gasteiger charge is -2.36. The van der Waals surface area contributed by atoms with E-state index in [2.05, 4.69) is 0 Å². The maximum Gasteiger partial charge on any atom is 0.243 e. The molecule has 4 nitrogen and oxygen atoms in total. The number of piperidine rings is 1. The van der Waals surface area contributed by atoms with Gasteiger partial charge < -0.3 is 5.73 Å². The lowest BCUT2D eigenvalue weighted by atomic mass is 9.94. The molecule has 20 heavy (non-hydrogen) atoms. The number of nitrogens with zero attached hydrogens (tertiary/aromatic N) is 1. The third-order valence-electron chi connectivity index (χ3n) is 4.52. The zero-order valence-electron chi connectivity index (χ0n) is 11.3. The molecule has 1 aliphatic heterocycles. The van der Waals surface area contributed by atoms with Crippen molar-refractivity contribution in [3.05, 3.63) is 24.0 Å². The van der Waals surface area contributed by atoms with Gasteiger partial charge in [-0.3, -0.25) is 0 Å². The van der Waals surface area contributed by atoms with Gasteiger partial charge in [0, 0.05) is 12.6 Å². The van der Waals surface area contributed by atoms with Gasteiger partial charge in [0.2, 0.25) is 10.0 Å². The summed E-state index contributed by atoms with van der Waals surface area (Å²) in [4.78, 5) is 0.101. The molecule has 0 bridgehead atoms. The minimum absolute atomic E-state index is 0.101. The van der Waals surface area contributed by atoms with Crippen molar-refractivity contribution in [1.29, 1.82) is 0 Å². The molecule has 3 rings (SSSR count). The Morgan fingerprint density at radius 2 is 1.95 bits per heavy atom. The summed E-state index contributed by atoms with van der Waals surface area (Å²) in [5, 5.41) is 0. The molecule has 0 amide bonds. The Bertz CT molecular complexity index is 618. The van der Waals surface area contributed by atoms with Crippen molar-refractivity contribution in [3.63, 3.8) is 0 Å². The third kappa shape index (κ3) is 2.20. The molecule has 0 radical (unpaired) electrons. The van der Waals surface area contributed by atoms with Crippen LogP contribution in [0.3, 0.4) is 0 Å². The SMILES string of the molecule is Nc1cc(S(=O)(=O)N2CCCC3CCCC32)ccc1F. The molecular weight excluding hydrogens is 279 g/mol. The van der Waals surface area contributed by atoms with E-state index in [0.717, 1.165) is 38.2 Å². The lowest BCUT2D eigenvalue weighted by Crippen LogP contribution is -2.46. The minimum Gasteiger partial charge on any atom is -0.396 e. The predicted molar refractivity (Wildman–Crippen MR) is 75.1 cm³/mol. The zero-order chi connectivity index (χ0) is 14.3. The second kappa shape index (κ2) is 5.00. The Balaban J connectivity index is 1.96. The first-order valence-corrected chi connectivity index (χ1v) is 8.51. The van der Waals surface area contributed by atoms with Gasteiger partial charge in [0.15, 0.2) is 0 Å². The number of hydrogen-bond donors (Lipinski definition) is 1. The standard InChI is InChI=1S/C14H19FN2O2S/c15-12-7-6-11(9-13(12)16)20(18,19)17-8-2-4-10-3-1-5-14(10)17/h6-7,9-10,14H,1-5,8,16H2. The molecule has 0 spiro atoms. The second-order valence-corrected chi connectivity index (χ2v) is 7.59. The summed E-state index contributed by atoms with van der Waals surface area (Å²) in [5.74, 6) is -0.0994. The van der Waals surface area contributed by atoms with E-state index < -0.39 is 15.8 Å². The van der Waals surface area contributed by atoms with Crippen LogP contribution in [0.1, 0.15) is 32.1 Å². The Hall–Kier alpha value is -1.14. The second-order valence-electron chi connectivity index (χ2n) is 5.70. The van der Waals surface area contributed by atoms with E-state index in [-0.39, 0.29) is 16.6 Å². The lowest BCUT2D eigenvalue weighted by molar-refractivity contribution is 0.202. The first kappa shape index (κ1) is 13.8. The molecule has 1 saturated heterocycles. The van der Waals surface area contributed by atoms with Crippen molar-refractivity contribution in [1.82, 2.24) is 4.31 Å². The van der Waals surface area contributed by atoms with Crippen LogP contribution in [0.4, 0.5) is 10.1 Å². The summed E-state index contributed by atoms with van der Waals surface area (Å²) in [6, 6.07) is 3.77. The van der Waals surface area contributed by atoms with E-state index in [1.807, 2.05) is 0 Å². The number of hydrogen-bond acceptors (Lipinski definition) is 3. The summed E-state index contributed by atoms with van der Waals surface area (Å²) >= 11 is 0. The Kier molecular flexibility index (Phi) is 3.46. The summed E-state index contributed by atoms with van der Waals surface area (Å²) < 4.78 is 40.3. The number of nitrogens with two attached hydrogens (primary N) is 1. The first-order chi connectivity index (χ1) is 9.50. The van der Waals surface area contributed by atoms with Crippen molar-refractivity contribution < 1.29 is 12.8 Å². The highest BCUT2D eigenvalue weighted by Gasteiger charge is 2.41. The topological polar surface area (TPSA) is 63.4 Å². The highest BCUT2D eigenvalue weighted by molar-refractivity contribution is 7.89. The Morgan fingerprint density at radius 1 is 1.20 bits per heavy atom. The highest BCUT2D eigenvalue weighted by Crippen LogP contribution is 2.39. The number of anilines is 1. The molecule has 2 unspecified atom stereocenters. The maximum atomic E-state index is 13.2. The fraction of sp³-hybridized carbons (Fsp3) is 0.571. The molecule has 2 atom stereocenters. The normalized spacial score (nSPS) is 27.4. The number of fused-ring (bicyclic) bond motifs is 1. The van der Waals surface area contributed by atoms with E-state index in [9.17, 15) is 12.8 Å². The Morgan fingerprint density at radius 3 is 2.70 bits per heavy atom. The van der Waals surface area contributed by atoms with Gasteiger partial charge in [-0.1, -0.05) is 6.42 Å². The number of rotatable bonds is 2. The molecule has 0 aromatic heterocycles. The van der Waals surface area contributed by atoms with Crippen LogP contribution in [0.5, 0.6) is 0 Å². The van der Waals surface area contributed by atoms with Crippen LogP contribution in [0.15, 0.2) is 23.1 Å². The van der Waals surface area contributed by atoms with Crippen molar-refractivity contribution in [2.75, 3.05) is 12.3 Å². The van der Waals surface area contributed by atoms with Crippen molar-refractivity contribution >= 4 is 15.7 Å². The van der Waals surface area contributed by atoms with Crippen LogP contribution in [-0.4, -0.2) is 25.3 Å². The fourth-order valence-electron chi connectivity index (χ4n) is 3.52. The molecule has 110 valence electrons. The van der Waals surface area contributed by atoms with Crippen LogP contribution in [0, 0.1) is 11.7 Å². The van der Waals surface area contributed by atoms with Gasteiger partial charge in [-0.25, -0.2) is 12.8 Å². The molecule has 6 heteroatoms. The highest BCUT2D eigenvalue weighted by atomic mass is 32.2. The number of nitrogen functional groups attached to an aromatic ring is 1. The predicted octanol–water partition coefficient (Wildman–Crippen LogP) is 2.36. The minimum atomic E-state index is -3.57. The molecule has 1 saturated carbocycles. The molecule has 2 fully saturated rings. The molecule has 1 heterocycles. The van der Waals surface area contributed by atoms with Gasteiger partial charge in [-0.2, -0.15) is 4.31 Å². The zero-order valence-corrected chi connectivity index (χ0v) is 12.1. The number of benzene rings is 1. The maximum absolute atomic E-state index is 13.2. The molecule has 2 aliphatic rings. The van der Waals surface area contributed by atoms with Gasteiger partial charge in [0.05, 0.1) is 10.6 Å². The van der Waals surface area contributed by atoms with Crippen molar-refractivity contribution in [2.24, 2.45) is 5.92 Å². The molecule has 2 N–H and O–H groups in total. The van der Waals surface area contributed by atoms with Crippen LogP contribution in [-0.2, 0) is 10.0 Å². The van der Waals surface area contributed by atoms with Gasteiger partial charge in [-0.05, 0) is 49.8 Å². The van der Waals surface area contributed by atoms with Crippen LogP contribution < -0.4 is 5.73 Å². The average Bonchev–Trinajstić information content (AvgIpc) is 2.89. The van der Waals surface area contributed by atoms with Crippen molar-refractivity contribution in [3.8, 4) is 0 Å². The van der Waals surface area contributed by atoms with Gasteiger partial charge in [0.1, 0.15) is 5.82 Å². The fourth-order valence-corrected chi connectivity index (χ4v) is 5.31.